The normalized spacial score (nSPS) is 34.6. The topological polar surface area (TPSA) is 15.3 Å². The van der Waals surface area contributed by atoms with Crippen LogP contribution in [0.3, 0.4) is 0 Å². The molecule has 1 saturated carbocycles. The van der Waals surface area contributed by atoms with Crippen molar-refractivity contribution < 1.29 is 0 Å². The number of piperidine rings is 1. The Balaban J connectivity index is 1.75. The molecule has 3 unspecified atom stereocenters. The Morgan fingerprint density at radius 2 is 1.79 bits per heavy atom. The molecule has 0 aromatic rings. The summed E-state index contributed by atoms with van der Waals surface area (Å²) in [5, 5.41) is 3.66. The summed E-state index contributed by atoms with van der Waals surface area (Å²) < 4.78 is 0. The number of hydrogen-bond donors (Lipinski definition) is 1. The summed E-state index contributed by atoms with van der Waals surface area (Å²) in [5.41, 5.74) is 0. The maximum absolute atomic E-state index is 3.66. The van der Waals surface area contributed by atoms with Gasteiger partial charge >= 0.3 is 0 Å². The number of likely N-dealkylation sites (tertiary alicyclic amines) is 1. The van der Waals surface area contributed by atoms with E-state index in [1.807, 2.05) is 0 Å². The van der Waals surface area contributed by atoms with E-state index in [-0.39, 0.29) is 0 Å². The Bertz CT molecular complexity index is 248. The summed E-state index contributed by atoms with van der Waals surface area (Å²) >= 11 is 0. The number of nitrogens with zero attached hydrogens (tertiary/aromatic N) is 1. The molecule has 2 fully saturated rings. The summed E-state index contributed by atoms with van der Waals surface area (Å²) in [6.07, 6.45) is 10.2. The Labute approximate surface area is 120 Å². The lowest BCUT2D eigenvalue weighted by molar-refractivity contribution is 0.0779. The van der Waals surface area contributed by atoms with Gasteiger partial charge < -0.3 is 10.2 Å². The predicted molar refractivity (Wildman–Crippen MR) is 83.5 cm³/mol. The highest BCUT2D eigenvalue weighted by Crippen LogP contribution is 2.29. The second-order valence-electron chi connectivity index (χ2n) is 6.88. The van der Waals surface area contributed by atoms with Gasteiger partial charge in [0.15, 0.2) is 0 Å². The maximum Gasteiger partial charge on any atom is 0.0120 e. The standard InChI is InChI=1S/C17H34N2/c1-4-18-17-11-13-19(15(3)14(17)2)12-10-16-8-6-5-7-9-16/h14-18H,4-13H2,1-3H3. The lowest BCUT2D eigenvalue weighted by Crippen LogP contribution is -2.53. The fourth-order valence-corrected chi connectivity index (χ4v) is 4.13. The Morgan fingerprint density at radius 1 is 1.05 bits per heavy atom. The summed E-state index contributed by atoms with van der Waals surface area (Å²) in [6.45, 7) is 10.9. The zero-order valence-corrected chi connectivity index (χ0v) is 13.3. The molecule has 112 valence electrons. The molecule has 2 nitrogen and oxygen atoms in total. The van der Waals surface area contributed by atoms with Crippen molar-refractivity contribution in [1.82, 2.24) is 10.2 Å². The van der Waals surface area contributed by atoms with Crippen LogP contribution in [-0.2, 0) is 0 Å². The lowest BCUT2D eigenvalue weighted by atomic mass is 9.84. The number of nitrogens with one attached hydrogen (secondary N) is 1. The third-order valence-electron chi connectivity index (χ3n) is 5.71. The van der Waals surface area contributed by atoms with E-state index in [4.69, 9.17) is 0 Å². The molecule has 2 aliphatic rings. The van der Waals surface area contributed by atoms with Crippen LogP contribution in [0.4, 0.5) is 0 Å². The van der Waals surface area contributed by atoms with E-state index in [0.717, 1.165) is 30.5 Å². The summed E-state index contributed by atoms with van der Waals surface area (Å²) in [4.78, 5) is 2.76. The third-order valence-corrected chi connectivity index (χ3v) is 5.71. The van der Waals surface area contributed by atoms with Crippen LogP contribution in [0.25, 0.3) is 0 Å². The summed E-state index contributed by atoms with van der Waals surface area (Å²) in [6, 6.07) is 1.49. The van der Waals surface area contributed by atoms with Crippen molar-refractivity contribution in [3.05, 3.63) is 0 Å². The molecule has 3 atom stereocenters. The molecule has 2 heteroatoms. The van der Waals surface area contributed by atoms with E-state index in [1.54, 1.807) is 0 Å². The van der Waals surface area contributed by atoms with Crippen molar-refractivity contribution in [3.8, 4) is 0 Å². The highest BCUT2D eigenvalue weighted by molar-refractivity contribution is 4.88. The van der Waals surface area contributed by atoms with Gasteiger partial charge in [-0.25, -0.2) is 0 Å². The number of rotatable bonds is 5. The zero-order valence-electron chi connectivity index (χ0n) is 13.3. The molecule has 0 aromatic carbocycles. The molecule has 1 aliphatic heterocycles. The minimum absolute atomic E-state index is 0.742. The molecule has 0 aromatic heterocycles. The van der Waals surface area contributed by atoms with Crippen molar-refractivity contribution in [2.45, 2.75) is 77.8 Å². The van der Waals surface area contributed by atoms with Gasteiger partial charge in [-0.3, -0.25) is 0 Å². The van der Waals surface area contributed by atoms with Crippen LogP contribution in [0.1, 0.15) is 65.7 Å². The average Bonchev–Trinajstić information content (AvgIpc) is 2.44. The molecule has 2 rings (SSSR count). The molecule has 1 N–H and O–H groups in total. The van der Waals surface area contributed by atoms with Gasteiger partial charge in [-0.15, -0.1) is 0 Å². The SMILES string of the molecule is CCNC1CCN(CCC2CCCCC2)C(C)C1C. The van der Waals surface area contributed by atoms with Gasteiger partial charge in [-0.05, 0) is 51.2 Å². The average molecular weight is 266 g/mol. The molecular formula is C17H34N2. The van der Waals surface area contributed by atoms with Crippen molar-refractivity contribution in [2.75, 3.05) is 19.6 Å². The van der Waals surface area contributed by atoms with Gasteiger partial charge in [0.05, 0.1) is 0 Å². The van der Waals surface area contributed by atoms with Crippen LogP contribution in [0.2, 0.25) is 0 Å². The number of hydrogen-bond acceptors (Lipinski definition) is 2. The first kappa shape index (κ1) is 15.3. The largest absolute Gasteiger partial charge is 0.314 e. The highest BCUT2D eigenvalue weighted by Gasteiger charge is 2.31. The fourth-order valence-electron chi connectivity index (χ4n) is 4.13. The van der Waals surface area contributed by atoms with Crippen molar-refractivity contribution in [1.29, 1.82) is 0 Å². The first-order valence-corrected chi connectivity index (χ1v) is 8.69. The van der Waals surface area contributed by atoms with Crippen LogP contribution in [0.5, 0.6) is 0 Å². The highest BCUT2D eigenvalue weighted by atomic mass is 15.2. The van der Waals surface area contributed by atoms with Gasteiger partial charge in [0, 0.05) is 12.1 Å². The Hall–Kier alpha value is -0.0800. The molecule has 1 aliphatic carbocycles. The molecule has 0 radical (unpaired) electrons. The minimum atomic E-state index is 0.742. The quantitative estimate of drug-likeness (QED) is 0.817. The molecule has 19 heavy (non-hydrogen) atoms. The lowest BCUT2D eigenvalue weighted by Gasteiger charge is -2.43. The van der Waals surface area contributed by atoms with E-state index in [0.29, 0.717) is 0 Å². The van der Waals surface area contributed by atoms with Crippen LogP contribution >= 0.6 is 0 Å². The van der Waals surface area contributed by atoms with E-state index >= 15 is 0 Å². The predicted octanol–water partition coefficient (Wildman–Crippen LogP) is 3.67. The smallest absolute Gasteiger partial charge is 0.0120 e. The van der Waals surface area contributed by atoms with Crippen molar-refractivity contribution in [2.24, 2.45) is 11.8 Å². The van der Waals surface area contributed by atoms with E-state index in [9.17, 15) is 0 Å². The molecule has 0 spiro atoms. The van der Waals surface area contributed by atoms with Crippen LogP contribution in [-0.4, -0.2) is 36.6 Å². The van der Waals surface area contributed by atoms with E-state index < -0.39 is 0 Å². The third kappa shape index (κ3) is 4.19. The Kier molecular flexibility index (Phi) is 6.15. The van der Waals surface area contributed by atoms with Gasteiger partial charge in [0.1, 0.15) is 0 Å². The second kappa shape index (κ2) is 7.64. The monoisotopic (exact) mass is 266 g/mol. The van der Waals surface area contributed by atoms with Gasteiger partial charge in [0.2, 0.25) is 0 Å². The first-order chi connectivity index (χ1) is 9.22. The van der Waals surface area contributed by atoms with Crippen molar-refractivity contribution in [3.63, 3.8) is 0 Å². The van der Waals surface area contributed by atoms with E-state index in [2.05, 4.69) is 31.0 Å². The molecule has 0 bridgehead atoms. The minimum Gasteiger partial charge on any atom is -0.314 e. The fraction of sp³-hybridized carbons (Fsp3) is 1.00. The maximum atomic E-state index is 3.66. The van der Waals surface area contributed by atoms with E-state index in [1.165, 1.54) is 58.0 Å². The van der Waals surface area contributed by atoms with Gasteiger partial charge in [-0.2, -0.15) is 0 Å². The molecule has 1 saturated heterocycles. The van der Waals surface area contributed by atoms with Crippen LogP contribution in [0, 0.1) is 11.8 Å². The Morgan fingerprint density at radius 3 is 2.47 bits per heavy atom. The van der Waals surface area contributed by atoms with Gasteiger partial charge in [-0.1, -0.05) is 46.0 Å². The van der Waals surface area contributed by atoms with Crippen molar-refractivity contribution >= 4 is 0 Å². The molecule has 1 heterocycles. The van der Waals surface area contributed by atoms with Crippen LogP contribution < -0.4 is 5.32 Å². The summed E-state index contributed by atoms with van der Waals surface area (Å²) in [7, 11) is 0. The molecule has 0 amide bonds. The van der Waals surface area contributed by atoms with Gasteiger partial charge in [0.25, 0.3) is 0 Å². The molecular weight excluding hydrogens is 232 g/mol. The summed E-state index contributed by atoms with van der Waals surface area (Å²) in [5.74, 6) is 1.82. The zero-order chi connectivity index (χ0) is 13.7. The first-order valence-electron chi connectivity index (χ1n) is 8.69. The van der Waals surface area contributed by atoms with Crippen LogP contribution in [0.15, 0.2) is 0 Å². The second-order valence-corrected chi connectivity index (χ2v) is 6.88.